The maximum atomic E-state index is 11.0. The van der Waals surface area contributed by atoms with E-state index >= 15 is 0 Å². The summed E-state index contributed by atoms with van der Waals surface area (Å²) in [5.74, 6) is 0. The predicted molar refractivity (Wildman–Crippen MR) is 77.3 cm³/mol. The molecular formula is C12H14IN3O3. The summed E-state index contributed by atoms with van der Waals surface area (Å²) in [6.45, 7) is 0.740. The minimum Gasteiger partial charge on any atom is -0.357 e. The fourth-order valence-electron chi connectivity index (χ4n) is 2.59. The van der Waals surface area contributed by atoms with Gasteiger partial charge in [-0.2, -0.15) is 5.10 Å². The van der Waals surface area contributed by atoms with E-state index < -0.39 is 6.04 Å². The van der Waals surface area contributed by atoms with E-state index in [2.05, 4.69) is 27.7 Å². The molecule has 1 aliphatic heterocycles. The molecule has 1 fully saturated rings. The first kappa shape index (κ1) is 13.0. The monoisotopic (exact) mass is 375 g/mol. The zero-order valence-corrected chi connectivity index (χ0v) is 12.4. The van der Waals surface area contributed by atoms with E-state index in [1.165, 1.54) is 0 Å². The molecule has 7 heteroatoms. The van der Waals surface area contributed by atoms with Gasteiger partial charge in [-0.15, -0.1) is 0 Å². The van der Waals surface area contributed by atoms with Crippen molar-refractivity contribution in [2.45, 2.75) is 38.0 Å². The Kier molecular flexibility index (Phi) is 3.57. The largest absolute Gasteiger partial charge is 0.357 e. The first-order valence-electron chi connectivity index (χ1n) is 6.37. The van der Waals surface area contributed by atoms with Crippen LogP contribution >= 0.6 is 22.6 Å². The number of fused-ring (bicyclic) bond motifs is 1. The van der Waals surface area contributed by atoms with Gasteiger partial charge in [0.25, 0.3) is 0 Å². The molecule has 1 aromatic heterocycles. The Morgan fingerprint density at radius 3 is 3.05 bits per heavy atom. The molecule has 102 valence electrons. The van der Waals surface area contributed by atoms with E-state index in [0.717, 1.165) is 40.8 Å². The zero-order chi connectivity index (χ0) is 13.4. The Bertz CT molecular complexity index is 535. The standard InChI is InChI=1S/C12H14IN3O3/c13-12-9-5-4-8(16(17)18)7-10(9)15(14-12)11-3-1-2-6-19-11/h4-5,8,11H,1-3,6-7H2. The molecule has 0 amide bonds. The van der Waals surface area contributed by atoms with Gasteiger partial charge in [-0.05, 0) is 54.0 Å². The SMILES string of the molecule is O=[N+]([O-])C1C=Cc2c(I)nn(C3CCCCO3)c2C1. The highest BCUT2D eigenvalue weighted by molar-refractivity contribution is 14.1. The summed E-state index contributed by atoms with van der Waals surface area (Å²) in [5, 5.41) is 15.5. The zero-order valence-electron chi connectivity index (χ0n) is 10.3. The van der Waals surface area contributed by atoms with Crippen molar-refractivity contribution in [2.75, 3.05) is 6.61 Å². The van der Waals surface area contributed by atoms with E-state index in [9.17, 15) is 10.1 Å². The minimum atomic E-state index is -0.651. The van der Waals surface area contributed by atoms with Gasteiger partial charge in [-0.25, -0.2) is 4.68 Å². The molecule has 2 unspecified atom stereocenters. The molecule has 0 N–H and O–H groups in total. The van der Waals surface area contributed by atoms with Gasteiger partial charge in [0, 0.05) is 17.1 Å². The molecule has 0 saturated carbocycles. The van der Waals surface area contributed by atoms with Crippen molar-refractivity contribution in [1.82, 2.24) is 9.78 Å². The average molecular weight is 375 g/mol. The van der Waals surface area contributed by atoms with Gasteiger partial charge in [0.05, 0.1) is 12.1 Å². The van der Waals surface area contributed by atoms with Crippen LogP contribution in [-0.4, -0.2) is 27.4 Å². The highest BCUT2D eigenvalue weighted by atomic mass is 127. The predicted octanol–water partition coefficient (Wildman–Crippen LogP) is 2.40. The molecule has 1 aliphatic carbocycles. The molecule has 0 aromatic carbocycles. The van der Waals surface area contributed by atoms with Crippen molar-refractivity contribution >= 4 is 28.7 Å². The van der Waals surface area contributed by atoms with Gasteiger partial charge < -0.3 is 4.74 Å². The second kappa shape index (κ2) is 5.20. The first-order valence-corrected chi connectivity index (χ1v) is 7.45. The molecule has 2 atom stereocenters. The molecule has 1 aromatic rings. The average Bonchev–Trinajstić information content (AvgIpc) is 2.77. The first-order chi connectivity index (χ1) is 9.16. The third-order valence-electron chi connectivity index (χ3n) is 3.59. The van der Waals surface area contributed by atoms with E-state index in [4.69, 9.17) is 4.74 Å². The smallest absolute Gasteiger partial charge is 0.237 e. The van der Waals surface area contributed by atoms with Crippen LogP contribution < -0.4 is 0 Å². The summed E-state index contributed by atoms with van der Waals surface area (Å²) in [6, 6.07) is -0.651. The van der Waals surface area contributed by atoms with Crippen molar-refractivity contribution in [1.29, 1.82) is 0 Å². The fourth-order valence-corrected chi connectivity index (χ4v) is 3.32. The van der Waals surface area contributed by atoms with Crippen LogP contribution in [0.15, 0.2) is 6.08 Å². The molecule has 0 radical (unpaired) electrons. The topological polar surface area (TPSA) is 70.2 Å². The number of nitrogens with zero attached hydrogens (tertiary/aromatic N) is 3. The van der Waals surface area contributed by atoms with Crippen LogP contribution in [0.2, 0.25) is 0 Å². The second-order valence-electron chi connectivity index (χ2n) is 4.83. The van der Waals surface area contributed by atoms with Crippen LogP contribution in [0.4, 0.5) is 0 Å². The van der Waals surface area contributed by atoms with Crippen LogP contribution in [0.5, 0.6) is 0 Å². The van der Waals surface area contributed by atoms with Gasteiger partial charge in [0.2, 0.25) is 6.04 Å². The second-order valence-corrected chi connectivity index (χ2v) is 5.85. The molecule has 2 heterocycles. The van der Waals surface area contributed by atoms with E-state index in [1.807, 2.05) is 10.8 Å². The van der Waals surface area contributed by atoms with Gasteiger partial charge in [-0.3, -0.25) is 10.1 Å². The number of aromatic nitrogens is 2. The number of nitro groups is 1. The summed E-state index contributed by atoms with van der Waals surface area (Å²) in [5.41, 5.74) is 1.94. The molecular weight excluding hydrogens is 361 g/mol. The van der Waals surface area contributed by atoms with E-state index in [0.29, 0.717) is 6.42 Å². The maximum absolute atomic E-state index is 11.0. The molecule has 0 spiro atoms. The van der Waals surface area contributed by atoms with Crippen LogP contribution in [-0.2, 0) is 11.2 Å². The van der Waals surface area contributed by atoms with Gasteiger partial charge in [-0.1, -0.05) is 0 Å². The summed E-state index contributed by atoms with van der Waals surface area (Å²) in [7, 11) is 0. The van der Waals surface area contributed by atoms with Crippen LogP contribution in [0.1, 0.15) is 36.7 Å². The van der Waals surface area contributed by atoms with Crippen molar-refractivity contribution in [3.8, 4) is 0 Å². The number of halogens is 1. The third-order valence-corrected chi connectivity index (χ3v) is 4.39. The summed E-state index contributed by atoms with van der Waals surface area (Å²) in [4.78, 5) is 10.7. The lowest BCUT2D eigenvalue weighted by Gasteiger charge is -2.25. The van der Waals surface area contributed by atoms with Crippen molar-refractivity contribution in [2.24, 2.45) is 0 Å². The van der Waals surface area contributed by atoms with Crippen LogP contribution in [0.25, 0.3) is 6.08 Å². The van der Waals surface area contributed by atoms with Crippen molar-refractivity contribution in [3.05, 3.63) is 31.1 Å². The summed E-state index contributed by atoms with van der Waals surface area (Å²) < 4.78 is 8.49. The normalized spacial score (nSPS) is 26.2. The van der Waals surface area contributed by atoms with Gasteiger partial charge in [0.15, 0.2) is 6.23 Å². The van der Waals surface area contributed by atoms with Crippen LogP contribution in [0.3, 0.4) is 0 Å². The molecule has 6 nitrogen and oxygen atoms in total. The Balaban J connectivity index is 1.95. The summed E-state index contributed by atoms with van der Waals surface area (Å²) >= 11 is 2.18. The summed E-state index contributed by atoms with van der Waals surface area (Å²) in [6.07, 6.45) is 6.92. The lowest BCUT2D eigenvalue weighted by atomic mass is 10.0. The third kappa shape index (κ3) is 2.40. The van der Waals surface area contributed by atoms with E-state index in [1.54, 1.807) is 6.08 Å². The molecule has 1 saturated heterocycles. The minimum absolute atomic E-state index is 0.0649. The van der Waals surface area contributed by atoms with Gasteiger partial charge in [0.1, 0.15) is 3.70 Å². The maximum Gasteiger partial charge on any atom is 0.237 e. The Morgan fingerprint density at radius 1 is 1.53 bits per heavy atom. The lowest BCUT2D eigenvalue weighted by Crippen LogP contribution is -2.27. The number of hydrogen-bond donors (Lipinski definition) is 0. The lowest BCUT2D eigenvalue weighted by molar-refractivity contribution is -0.509. The molecule has 2 aliphatic rings. The molecule has 0 bridgehead atoms. The number of hydrogen-bond acceptors (Lipinski definition) is 4. The highest BCUT2D eigenvalue weighted by Gasteiger charge is 2.30. The fraction of sp³-hybridized carbons (Fsp3) is 0.583. The van der Waals surface area contributed by atoms with E-state index in [-0.39, 0.29) is 11.2 Å². The molecule has 3 rings (SSSR count). The highest BCUT2D eigenvalue weighted by Crippen LogP contribution is 2.31. The number of rotatable bonds is 2. The quantitative estimate of drug-likeness (QED) is 0.452. The Morgan fingerprint density at radius 2 is 2.37 bits per heavy atom. The van der Waals surface area contributed by atoms with Crippen molar-refractivity contribution < 1.29 is 9.66 Å². The Labute approximate surface area is 124 Å². The van der Waals surface area contributed by atoms with Crippen molar-refractivity contribution in [3.63, 3.8) is 0 Å². The van der Waals surface area contributed by atoms with Gasteiger partial charge >= 0.3 is 0 Å². The van der Waals surface area contributed by atoms with Crippen LogP contribution in [0, 0.1) is 13.8 Å². The number of ether oxygens (including phenoxy) is 1. The Hall–Kier alpha value is -0.960. The molecule has 19 heavy (non-hydrogen) atoms.